The highest BCUT2D eigenvalue weighted by Gasteiger charge is 2.27. The fourth-order valence-electron chi connectivity index (χ4n) is 1.71. The summed E-state index contributed by atoms with van der Waals surface area (Å²) in [6.07, 6.45) is 0. The van der Waals surface area contributed by atoms with Gasteiger partial charge in [0.25, 0.3) is 0 Å². The molecule has 0 aliphatic carbocycles. The summed E-state index contributed by atoms with van der Waals surface area (Å²) < 4.78 is 66.6. The van der Waals surface area contributed by atoms with E-state index in [0.717, 1.165) is 0 Å². The zero-order valence-electron chi connectivity index (χ0n) is 10.9. The lowest BCUT2D eigenvalue weighted by molar-refractivity contribution is 0.0943. The van der Waals surface area contributed by atoms with Gasteiger partial charge in [0.2, 0.25) is 5.82 Å². The zero-order valence-corrected chi connectivity index (χ0v) is 11.8. The average molecular weight is 320 g/mol. The zero-order chi connectivity index (χ0) is 15.9. The quantitative estimate of drug-likeness (QED) is 0.338. The van der Waals surface area contributed by atoms with Crippen LogP contribution in [0.1, 0.15) is 23.5 Å². The Morgan fingerprint density at radius 3 is 1.86 bits per heavy atom. The van der Waals surface area contributed by atoms with E-state index < -0.39 is 34.6 Å². The molecule has 0 radical (unpaired) electrons. The van der Waals surface area contributed by atoms with Gasteiger partial charge in [-0.1, -0.05) is 13.8 Å². The Morgan fingerprint density at radius 1 is 0.905 bits per heavy atom. The van der Waals surface area contributed by atoms with E-state index in [1.807, 2.05) is 0 Å². The van der Waals surface area contributed by atoms with Crippen molar-refractivity contribution in [3.05, 3.63) is 46.1 Å². The summed E-state index contributed by atoms with van der Waals surface area (Å²) in [5, 5.41) is 0. The van der Waals surface area contributed by atoms with Gasteiger partial charge < -0.3 is 0 Å². The van der Waals surface area contributed by atoms with Crippen molar-refractivity contribution in [2.45, 2.75) is 13.8 Å². The van der Waals surface area contributed by atoms with Crippen molar-refractivity contribution in [1.82, 2.24) is 0 Å². The molecule has 0 N–H and O–H groups in total. The van der Waals surface area contributed by atoms with Crippen LogP contribution < -0.4 is 0 Å². The first-order valence-electron chi connectivity index (χ1n) is 5.91. The highest BCUT2D eigenvalue weighted by atomic mass is 32.1. The Morgan fingerprint density at radius 2 is 1.38 bits per heavy atom. The number of benzene rings is 1. The van der Waals surface area contributed by atoms with Crippen LogP contribution in [0.3, 0.4) is 0 Å². The van der Waals surface area contributed by atoms with Crippen LogP contribution in [-0.2, 0) is 0 Å². The standard InChI is InChI=1S/C14H9F5OS/c1-5(2)14(20)7-4-3-6(21-7)8-9(15)11(17)13(19)12(18)10(8)16/h3-5H,1-2H3. The maximum Gasteiger partial charge on any atom is 0.200 e. The molecule has 0 unspecified atom stereocenters. The molecule has 0 spiro atoms. The van der Waals surface area contributed by atoms with Crippen molar-refractivity contribution >= 4 is 17.1 Å². The molecule has 7 heteroatoms. The minimum atomic E-state index is -2.20. The lowest BCUT2D eigenvalue weighted by atomic mass is 10.1. The molecule has 0 aliphatic rings. The first kappa shape index (κ1) is 15.6. The maximum atomic E-state index is 13.7. The van der Waals surface area contributed by atoms with Crippen LogP contribution in [0.4, 0.5) is 22.0 Å². The molecule has 0 saturated heterocycles. The minimum absolute atomic E-state index is 0.188. The summed E-state index contributed by atoms with van der Waals surface area (Å²) >= 11 is 0.689. The molecule has 1 heterocycles. The third-order valence-electron chi connectivity index (χ3n) is 2.83. The van der Waals surface area contributed by atoms with E-state index in [4.69, 9.17) is 0 Å². The summed E-state index contributed by atoms with van der Waals surface area (Å²) in [6.45, 7) is 3.28. The third kappa shape index (κ3) is 2.57. The second-order valence-corrected chi connectivity index (χ2v) is 5.71. The molecule has 1 nitrogen and oxygen atoms in total. The fourth-order valence-corrected chi connectivity index (χ4v) is 2.84. The third-order valence-corrected chi connectivity index (χ3v) is 3.95. The number of carbonyl (C=O) groups is 1. The predicted molar refractivity (Wildman–Crippen MR) is 68.7 cm³/mol. The first-order valence-corrected chi connectivity index (χ1v) is 6.73. The number of hydrogen-bond acceptors (Lipinski definition) is 2. The first-order chi connectivity index (χ1) is 9.75. The van der Waals surface area contributed by atoms with E-state index in [2.05, 4.69) is 0 Å². The molecule has 112 valence electrons. The number of thiophene rings is 1. The van der Waals surface area contributed by atoms with Crippen molar-refractivity contribution in [3.63, 3.8) is 0 Å². The maximum absolute atomic E-state index is 13.7. The highest BCUT2D eigenvalue weighted by molar-refractivity contribution is 7.17. The van der Waals surface area contributed by atoms with E-state index in [1.54, 1.807) is 13.8 Å². The van der Waals surface area contributed by atoms with E-state index >= 15 is 0 Å². The Hall–Kier alpha value is -1.76. The molecule has 0 amide bonds. The van der Waals surface area contributed by atoms with Gasteiger partial charge in [0.1, 0.15) is 0 Å². The molecule has 0 fully saturated rings. The second-order valence-electron chi connectivity index (χ2n) is 4.63. The van der Waals surface area contributed by atoms with Crippen LogP contribution >= 0.6 is 11.3 Å². The van der Waals surface area contributed by atoms with Crippen molar-refractivity contribution in [2.24, 2.45) is 5.92 Å². The van der Waals surface area contributed by atoms with Crippen molar-refractivity contribution in [1.29, 1.82) is 0 Å². The number of hydrogen-bond donors (Lipinski definition) is 0. The van der Waals surface area contributed by atoms with Crippen LogP contribution in [0, 0.1) is 35.0 Å². The van der Waals surface area contributed by atoms with Crippen molar-refractivity contribution in [3.8, 4) is 10.4 Å². The number of Topliss-reactive ketones (excluding diaryl/α,β-unsaturated/α-hetero) is 1. The largest absolute Gasteiger partial charge is 0.293 e. The molecule has 21 heavy (non-hydrogen) atoms. The molecule has 0 saturated carbocycles. The number of rotatable bonds is 3. The smallest absolute Gasteiger partial charge is 0.200 e. The predicted octanol–water partition coefficient (Wildman–Crippen LogP) is 4.95. The molecular formula is C14H9F5OS. The molecule has 1 aromatic carbocycles. The fraction of sp³-hybridized carbons (Fsp3) is 0.214. The Balaban J connectivity index is 2.61. The van der Waals surface area contributed by atoms with E-state index in [0.29, 0.717) is 11.3 Å². The molecule has 0 atom stereocenters. The van der Waals surface area contributed by atoms with Crippen molar-refractivity contribution < 1.29 is 26.7 Å². The molecule has 2 rings (SSSR count). The Labute approximate surface area is 121 Å². The van der Waals surface area contributed by atoms with Gasteiger partial charge in [0.15, 0.2) is 29.1 Å². The van der Waals surface area contributed by atoms with Gasteiger partial charge in [0.05, 0.1) is 10.4 Å². The van der Waals surface area contributed by atoms with Crippen LogP contribution in [0.15, 0.2) is 12.1 Å². The SMILES string of the molecule is CC(C)C(=O)c1ccc(-c2c(F)c(F)c(F)c(F)c2F)s1. The summed E-state index contributed by atoms with van der Waals surface area (Å²) in [6, 6.07) is 2.47. The Bertz CT molecular complexity index is 691. The number of ketones is 1. The van der Waals surface area contributed by atoms with Crippen LogP contribution in [0.2, 0.25) is 0 Å². The van der Waals surface area contributed by atoms with Gasteiger partial charge in [-0.15, -0.1) is 11.3 Å². The molecule has 1 aromatic heterocycles. The van der Waals surface area contributed by atoms with Crippen molar-refractivity contribution in [2.75, 3.05) is 0 Å². The highest BCUT2D eigenvalue weighted by Crippen LogP contribution is 2.36. The van der Waals surface area contributed by atoms with Crippen LogP contribution in [0.25, 0.3) is 10.4 Å². The normalized spacial score (nSPS) is 11.2. The Kier molecular flexibility index (Phi) is 4.13. The van der Waals surface area contributed by atoms with Gasteiger partial charge in [-0.2, -0.15) is 0 Å². The lowest BCUT2D eigenvalue weighted by Gasteiger charge is -2.06. The van der Waals surface area contributed by atoms with E-state index in [9.17, 15) is 26.7 Å². The topological polar surface area (TPSA) is 17.1 Å². The minimum Gasteiger partial charge on any atom is -0.293 e. The van der Waals surface area contributed by atoms with Crippen LogP contribution in [0.5, 0.6) is 0 Å². The number of carbonyl (C=O) groups excluding carboxylic acids is 1. The van der Waals surface area contributed by atoms with Gasteiger partial charge in [-0.25, -0.2) is 22.0 Å². The lowest BCUT2D eigenvalue weighted by Crippen LogP contribution is -2.04. The summed E-state index contributed by atoms with van der Waals surface area (Å²) in [7, 11) is 0. The molecule has 0 bridgehead atoms. The van der Waals surface area contributed by atoms with E-state index in [1.165, 1.54) is 12.1 Å². The van der Waals surface area contributed by atoms with Crippen LogP contribution in [-0.4, -0.2) is 5.78 Å². The monoisotopic (exact) mass is 320 g/mol. The van der Waals surface area contributed by atoms with Gasteiger partial charge in [0, 0.05) is 10.8 Å². The molecular weight excluding hydrogens is 311 g/mol. The van der Waals surface area contributed by atoms with Gasteiger partial charge in [-0.05, 0) is 12.1 Å². The van der Waals surface area contributed by atoms with Gasteiger partial charge >= 0.3 is 0 Å². The molecule has 2 aromatic rings. The summed E-state index contributed by atoms with van der Waals surface area (Å²) in [5.74, 6) is -10.6. The second kappa shape index (κ2) is 5.55. The summed E-state index contributed by atoms with van der Waals surface area (Å²) in [5.41, 5.74) is -1.01. The van der Waals surface area contributed by atoms with Gasteiger partial charge in [-0.3, -0.25) is 4.79 Å². The molecule has 0 aliphatic heterocycles. The number of halogens is 5. The summed E-state index contributed by atoms with van der Waals surface area (Å²) in [4.78, 5) is 11.8. The van der Waals surface area contributed by atoms with E-state index in [-0.39, 0.29) is 21.5 Å². The average Bonchev–Trinajstić information content (AvgIpc) is 2.91.